The molecule has 0 fully saturated rings. The van der Waals surface area contributed by atoms with E-state index >= 15 is 0 Å². The first kappa shape index (κ1) is 23.2. The number of ether oxygens (including phenoxy) is 2. The summed E-state index contributed by atoms with van der Waals surface area (Å²) in [6.07, 6.45) is 1.29. The number of anilines is 1. The predicted octanol–water partition coefficient (Wildman–Crippen LogP) is 3.70. The average molecular weight is 445 g/mol. The molecule has 3 rings (SSSR count). The minimum atomic E-state index is -0.950. The summed E-state index contributed by atoms with van der Waals surface area (Å²) in [5, 5.41) is 6.28. The van der Waals surface area contributed by atoms with Gasteiger partial charge >= 0.3 is 17.8 Å². The summed E-state index contributed by atoms with van der Waals surface area (Å²) in [5.74, 6) is -1.41. The van der Waals surface area contributed by atoms with Crippen LogP contribution in [0.25, 0.3) is 0 Å². The standard InChI is InChI=1S/C25H23N3O5/c1-3-32-20-14-12-19(13-15-20)27-23(29)24(30)28-26-16-18-9-5-7-11-22(18)33-25(31)21-10-6-4-8-17(21)2/h4-16H,3H2,1-2H3,(H,27,29)(H,28,30). The molecule has 0 radical (unpaired) electrons. The maximum absolute atomic E-state index is 12.5. The Labute approximate surface area is 191 Å². The van der Waals surface area contributed by atoms with E-state index in [9.17, 15) is 14.4 Å². The van der Waals surface area contributed by atoms with Crippen molar-refractivity contribution in [2.75, 3.05) is 11.9 Å². The van der Waals surface area contributed by atoms with Crippen molar-refractivity contribution in [1.29, 1.82) is 0 Å². The number of amides is 2. The number of benzene rings is 3. The molecule has 8 heteroatoms. The monoisotopic (exact) mass is 445 g/mol. The Kier molecular flexibility index (Phi) is 7.91. The Morgan fingerprint density at radius 3 is 2.33 bits per heavy atom. The Morgan fingerprint density at radius 1 is 0.909 bits per heavy atom. The molecule has 168 valence electrons. The lowest BCUT2D eigenvalue weighted by molar-refractivity contribution is -0.136. The highest BCUT2D eigenvalue weighted by Crippen LogP contribution is 2.19. The number of rotatable bonds is 7. The van der Waals surface area contributed by atoms with Crippen molar-refractivity contribution in [3.63, 3.8) is 0 Å². The van der Waals surface area contributed by atoms with Crippen LogP contribution >= 0.6 is 0 Å². The molecule has 2 amide bonds. The van der Waals surface area contributed by atoms with Crippen molar-refractivity contribution in [3.8, 4) is 11.5 Å². The summed E-state index contributed by atoms with van der Waals surface area (Å²) in [7, 11) is 0. The molecule has 0 bridgehead atoms. The normalized spacial score (nSPS) is 10.5. The van der Waals surface area contributed by atoms with Gasteiger partial charge in [0, 0.05) is 11.3 Å². The van der Waals surface area contributed by atoms with Crippen molar-refractivity contribution < 1.29 is 23.9 Å². The highest BCUT2D eigenvalue weighted by atomic mass is 16.5. The summed E-state index contributed by atoms with van der Waals surface area (Å²) in [6, 6.07) is 20.4. The lowest BCUT2D eigenvalue weighted by Gasteiger charge is -2.09. The van der Waals surface area contributed by atoms with Crippen LogP contribution in [0, 0.1) is 6.92 Å². The van der Waals surface area contributed by atoms with Crippen molar-refractivity contribution >= 4 is 29.7 Å². The number of para-hydroxylation sites is 1. The molecule has 0 aliphatic rings. The van der Waals surface area contributed by atoms with Crippen LogP contribution in [-0.4, -0.2) is 30.6 Å². The Hall–Kier alpha value is -4.46. The second-order valence-corrected chi connectivity index (χ2v) is 6.85. The van der Waals surface area contributed by atoms with E-state index < -0.39 is 17.8 Å². The smallest absolute Gasteiger partial charge is 0.343 e. The molecule has 0 unspecified atom stereocenters. The summed E-state index contributed by atoms with van der Waals surface area (Å²) < 4.78 is 10.8. The van der Waals surface area contributed by atoms with Gasteiger partial charge in [0.25, 0.3) is 0 Å². The molecule has 33 heavy (non-hydrogen) atoms. The molecule has 3 aromatic carbocycles. The van der Waals surface area contributed by atoms with E-state index in [-0.39, 0.29) is 5.75 Å². The number of carbonyl (C=O) groups is 3. The molecule has 8 nitrogen and oxygen atoms in total. The molecule has 0 saturated carbocycles. The SMILES string of the molecule is CCOc1ccc(NC(=O)C(=O)NN=Cc2ccccc2OC(=O)c2ccccc2C)cc1. The lowest BCUT2D eigenvalue weighted by Crippen LogP contribution is -2.32. The van der Waals surface area contributed by atoms with E-state index in [1.54, 1.807) is 60.7 Å². The quantitative estimate of drug-likeness (QED) is 0.190. The highest BCUT2D eigenvalue weighted by molar-refractivity contribution is 6.39. The summed E-state index contributed by atoms with van der Waals surface area (Å²) >= 11 is 0. The number of hydrogen-bond acceptors (Lipinski definition) is 6. The molecular weight excluding hydrogens is 422 g/mol. The Morgan fingerprint density at radius 2 is 1.61 bits per heavy atom. The predicted molar refractivity (Wildman–Crippen MR) is 125 cm³/mol. The van der Waals surface area contributed by atoms with Crippen molar-refractivity contribution in [2.45, 2.75) is 13.8 Å². The summed E-state index contributed by atoms with van der Waals surface area (Å²) in [4.78, 5) is 36.6. The van der Waals surface area contributed by atoms with Crippen LogP contribution < -0.4 is 20.2 Å². The fraction of sp³-hybridized carbons (Fsp3) is 0.120. The largest absolute Gasteiger partial charge is 0.494 e. The first-order chi connectivity index (χ1) is 16.0. The molecular formula is C25H23N3O5. The fourth-order valence-electron chi connectivity index (χ4n) is 2.84. The van der Waals surface area contributed by atoms with E-state index in [1.165, 1.54) is 6.21 Å². The van der Waals surface area contributed by atoms with E-state index in [4.69, 9.17) is 9.47 Å². The summed E-state index contributed by atoms with van der Waals surface area (Å²) in [6.45, 7) is 4.21. The van der Waals surface area contributed by atoms with Gasteiger partial charge in [-0.25, -0.2) is 10.2 Å². The van der Waals surface area contributed by atoms with Gasteiger partial charge in [-0.3, -0.25) is 9.59 Å². The average Bonchev–Trinajstić information content (AvgIpc) is 2.81. The van der Waals surface area contributed by atoms with Crippen LogP contribution in [0.3, 0.4) is 0 Å². The van der Waals surface area contributed by atoms with E-state index in [1.807, 2.05) is 26.0 Å². The van der Waals surface area contributed by atoms with E-state index in [0.717, 1.165) is 5.56 Å². The van der Waals surface area contributed by atoms with Gasteiger partial charge in [0.15, 0.2) is 0 Å². The van der Waals surface area contributed by atoms with Crippen molar-refractivity contribution in [2.24, 2.45) is 5.10 Å². The zero-order chi connectivity index (χ0) is 23.6. The number of aryl methyl sites for hydroxylation is 1. The second-order valence-electron chi connectivity index (χ2n) is 6.85. The number of esters is 1. The van der Waals surface area contributed by atoms with Gasteiger partial charge in [0.05, 0.1) is 18.4 Å². The number of carbonyl (C=O) groups excluding carboxylic acids is 3. The van der Waals surface area contributed by atoms with Gasteiger partial charge in [0.1, 0.15) is 11.5 Å². The van der Waals surface area contributed by atoms with Gasteiger partial charge in [-0.2, -0.15) is 5.10 Å². The molecule has 3 aromatic rings. The van der Waals surface area contributed by atoms with Crippen LogP contribution in [0.2, 0.25) is 0 Å². The minimum absolute atomic E-state index is 0.266. The number of nitrogens with one attached hydrogen (secondary N) is 2. The van der Waals surface area contributed by atoms with Gasteiger partial charge in [0.2, 0.25) is 0 Å². The lowest BCUT2D eigenvalue weighted by atomic mass is 10.1. The van der Waals surface area contributed by atoms with Gasteiger partial charge in [-0.1, -0.05) is 30.3 Å². The zero-order valence-electron chi connectivity index (χ0n) is 18.2. The van der Waals surface area contributed by atoms with Crippen LogP contribution in [-0.2, 0) is 9.59 Å². The first-order valence-corrected chi connectivity index (χ1v) is 10.2. The third kappa shape index (κ3) is 6.51. The van der Waals surface area contributed by atoms with Gasteiger partial charge in [-0.05, 0) is 61.9 Å². The van der Waals surface area contributed by atoms with Crippen molar-refractivity contribution in [1.82, 2.24) is 5.43 Å². The molecule has 0 saturated heterocycles. The molecule has 0 heterocycles. The number of nitrogens with zero attached hydrogens (tertiary/aromatic N) is 1. The Balaban J connectivity index is 1.59. The van der Waals surface area contributed by atoms with E-state index in [2.05, 4.69) is 15.8 Å². The highest BCUT2D eigenvalue weighted by Gasteiger charge is 2.14. The summed E-state index contributed by atoms with van der Waals surface area (Å²) in [5.41, 5.74) is 4.29. The Bertz CT molecular complexity index is 1170. The van der Waals surface area contributed by atoms with Crippen LogP contribution in [0.4, 0.5) is 5.69 Å². The second kappa shape index (κ2) is 11.2. The number of hydrazone groups is 1. The third-order valence-electron chi connectivity index (χ3n) is 4.49. The molecule has 0 aliphatic carbocycles. The molecule has 0 aliphatic heterocycles. The zero-order valence-corrected chi connectivity index (χ0v) is 18.2. The molecule has 0 aromatic heterocycles. The van der Waals surface area contributed by atoms with E-state index in [0.29, 0.717) is 29.2 Å². The van der Waals surface area contributed by atoms with Crippen LogP contribution in [0.15, 0.2) is 77.9 Å². The van der Waals surface area contributed by atoms with Crippen LogP contribution in [0.1, 0.15) is 28.4 Å². The maximum atomic E-state index is 12.5. The topological polar surface area (TPSA) is 106 Å². The van der Waals surface area contributed by atoms with Gasteiger partial charge < -0.3 is 14.8 Å². The maximum Gasteiger partial charge on any atom is 0.343 e. The number of hydrogen-bond donors (Lipinski definition) is 2. The fourth-order valence-corrected chi connectivity index (χ4v) is 2.84. The molecule has 0 spiro atoms. The molecule has 0 atom stereocenters. The molecule has 2 N–H and O–H groups in total. The minimum Gasteiger partial charge on any atom is -0.494 e. The van der Waals surface area contributed by atoms with Gasteiger partial charge in [-0.15, -0.1) is 0 Å². The first-order valence-electron chi connectivity index (χ1n) is 10.2. The van der Waals surface area contributed by atoms with Crippen molar-refractivity contribution in [3.05, 3.63) is 89.5 Å². The van der Waals surface area contributed by atoms with Crippen LogP contribution in [0.5, 0.6) is 11.5 Å². The third-order valence-corrected chi connectivity index (χ3v) is 4.49.